The van der Waals surface area contributed by atoms with E-state index < -0.39 is 0 Å². The van der Waals surface area contributed by atoms with Crippen molar-refractivity contribution in [1.29, 1.82) is 0 Å². The van der Waals surface area contributed by atoms with E-state index in [1.165, 1.54) is 22.3 Å². The lowest BCUT2D eigenvalue weighted by Gasteiger charge is -2.12. The maximum absolute atomic E-state index is 4.31. The van der Waals surface area contributed by atoms with Crippen molar-refractivity contribution in [2.45, 2.75) is 33.9 Å². The molecule has 0 saturated carbocycles. The van der Waals surface area contributed by atoms with Crippen LogP contribution in [0.3, 0.4) is 0 Å². The Labute approximate surface area is 109 Å². The van der Waals surface area contributed by atoms with Gasteiger partial charge in [0.15, 0.2) is 0 Å². The predicted octanol–water partition coefficient (Wildman–Crippen LogP) is 2.64. The second kappa shape index (κ2) is 5.36. The SMILES string of the molecule is Cc1cc(C)c(CNCc2nccn2C)c(C)c1. The van der Waals surface area contributed by atoms with Crippen LogP contribution in [0.5, 0.6) is 0 Å². The summed E-state index contributed by atoms with van der Waals surface area (Å²) in [6, 6.07) is 4.48. The van der Waals surface area contributed by atoms with Crippen LogP contribution in [0.1, 0.15) is 28.1 Å². The fraction of sp³-hybridized carbons (Fsp3) is 0.400. The molecule has 0 amide bonds. The molecule has 3 nitrogen and oxygen atoms in total. The minimum Gasteiger partial charge on any atom is -0.337 e. The van der Waals surface area contributed by atoms with Crippen molar-refractivity contribution in [2.75, 3.05) is 0 Å². The number of benzene rings is 1. The number of hydrogen-bond donors (Lipinski definition) is 1. The summed E-state index contributed by atoms with van der Waals surface area (Å²) in [7, 11) is 2.02. The second-order valence-corrected chi connectivity index (χ2v) is 4.94. The molecule has 1 N–H and O–H groups in total. The van der Waals surface area contributed by atoms with Gasteiger partial charge in [0.25, 0.3) is 0 Å². The van der Waals surface area contributed by atoms with E-state index in [0.717, 1.165) is 18.9 Å². The average molecular weight is 243 g/mol. The quantitative estimate of drug-likeness (QED) is 0.894. The lowest BCUT2D eigenvalue weighted by atomic mass is 10.00. The normalized spacial score (nSPS) is 10.9. The highest BCUT2D eigenvalue weighted by Crippen LogP contribution is 2.16. The number of rotatable bonds is 4. The molecule has 96 valence electrons. The molecule has 0 aliphatic heterocycles. The van der Waals surface area contributed by atoms with Gasteiger partial charge in [0.1, 0.15) is 5.82 Å². The second-order valence-electron chi connectivity index (χ2n) is 4.94. The lowest BCUT2D eigenvalue weighted by Crippen LogP contribution is -2.17. The zero-order valence-electron chi connectivity index (χ0n) is 11.6. The van der Waals surface area contributed by atoms with Gasteiger partial charge in [0, 0.05) is 26.0 Å². The van der Waals surface area contributed by atoms with Gasteiger partial charge in [-0.05, 0) is 37.5 Å². The van der Waals surface area contributed by atoms with E-state index in [0.29, 0.717) is 0 Å². The van der Waals surface area contributed by atoms with Crippen LogP contribution in [0.4, 0.5) is 0 Å². The molecule has 0 aliphatic rings. The molecule has 0 spiro atoms. The predicted molar refractivity (Wildman–Crippen MR) is 74.4 cm³/mol. The zero-order valence-corrected chi connectivity index (χ0v) is 11.6. The Morgan fingerprint density at radius 3 is 2.33 bits per heavy atom. The molecule has 2 aromatic rings. The molecule has 18 heavy (non-hydrogen) atoms. The monoisotopic (exact) mass is 243 g/mol. The summed E-state index contributed by atoms with van der Waals surface area (Å²) in [5.74, 6) is 1.07. The third-order valence-electron chi connectivity index (χ3n) is 3.35. The van der Waals surface area contributed by atoms with E-state index in [9.17, 15) is 0 Å². The van der Waals surface area contributed by atoms with Crippen LogP contribution in [0.25, 0.3) is 0 Å². The van der Waals surface area contributed by atoms with Gasteiger partial charge in [-0.3, -0.25) is 0 Å². The van der Waals surface area contributed by atoms with E-state index >= 15 is 0 Å². The molecule has 0 bridgehead atoms. The van der Waals surface area contributed by atoms with Crippen molar-refractivity contribution in [1.82, 2.24) is 14.9 Å². The summed E-state index contributed by atoms with van der Waals surface area (Å²) < 4.78 is 2.04. The molecule has 0 unspecified atom stereocenters. The molecule has 0 radical (unpaired) electrons. The smallest absolute Gasteiger partial charge is 0.122 e. The fourth-order valence-corrected chi connectivity index (χ4v) is 2.35. The van der Waals surface area contributed by atoms with Crippen LogP contribution >= 0.6 is 0 Å². The molecule has 1 heterocycles. The van der Waals surface area contributed by atoms with Gasteiger partial charge in [-0.1, -0.05) is 17.7 Å². The van der Waals surface area contributed by atoms with Crippen LogP contribution in [0, 0.1) is 20.8 Å². The summed E-state index contributed by atoms with van der Waals surface area (Å²) in [5.41, 5.74) is 5.45. The largest absolute Gasteiger partial charge is 0.337 e. The number of nitrogens with one attached hydrogen (secondary N) is 1. The third-order valence-corrected chi connectivity index (χ3v) is 3.35. The Bertz CT molecular complexity index is 517. The molecule has 3 heteroatoms. The highest BCUT2D eigenvalue weighted by Gasteiger charge is 2.04. The highest BCUT2D eigenvalue weighted by molar-refractivity contribution is 5.37. The molecular weight excluding hydrogens is 222 g/mol. The van der Waals surface area contributed by atoms with Gasteiger partial charge in [0.2, 0.25) is 0 Å². The molecular formula is C15H21N3. The van der Waals surface area contributed by atoms with Crippen LogP contribution in [0.15, 0.2) is 24.5 Å². The van der Waals surface area contributed by atoms with E-state index in [1.807, 2.05) is 24.0 Å². The first kappa shape index (κ1) is 12.8. The summed E-state index contributed by atoms with van der Waals surface area (Å²) in [5, 5.41) is 3.46. The van der Waals surface area contributed by atoms with Crippen molar-refractivity contribution >= 4 is 0 Å². The molecule has 0 saturated heterocycles. The summed E-state index contributed by atoms with van der Waals surface area (Å²) >= 11 is 0. The van der Waals surface area contributed by atoms with Crippen molar-refractivity contribution < 1.29 is 0 Å². The van der Waals surface area contributed by atoms with Crippen LogP contribution < -0.4 is 5.32 Å². The number of nitrogens with zero attached hydrogens (tertiary/aromatic N) is 2. The maximum atomic E-state index is 4.31. The van der Waals surface area contributed by atoms with E-state index in [2.05, 4.69) is 43.2 Å². The Hall–Kier alpha value is -1.61. The van der Waals surface area contributed by atoms with Crippen LogP contribution in [0.2, 0.25) is 0 Å². The maximum Gasteiger partial charge on any atom is 0.122 e. The summed E-state index contributed by atoms with van der Waals surface area (Å²) in [6.45, 7) is 8.20. The van der Waals surface area contributed by atoms with E-state index in [4.69, 9.17) is 0 Å². The first-order chi connectivity index (χ1) is 8.58. The lowest BCUT2D eigenvalue weighted by molar-refractivity contribution is 0.635. The molecule has 1 aromatic heterocycles. The van der Waals surface area contributed by atoms with Gasteiger partial charge in [-0.15, -0.1) is 0 Å². The number of imidazole rings is 1. The topological polar surface area (TPSA) is 29.9 Å². The first-order valence-corrected chi connectivity index (χ1v) is 6.31. The third kappa shape index (κ3) is 2.79. The van der Waals surface area contributed by atoms with Gasteiger partial charge in [-0.25, -0.2) is 4.98 Å². The van der Waals surface area contributed by atoms with Gasteiger partial charge < -0.3 is 9.88 Å². The highest BCUT2D eigenvalue weighted by atomic mass is 15.1. The number of hydrogen-bond acceptors (Lipinski definition) is 2. The average Bonchev–Trinajstić information content (AvgIpc) is 2.68. The van der Waals surface area contributed by atoms with Crippen molar-refractivity contribution in [2.24, 2.45) is 7.05 Å². The minimum absolute atomic E-state index is 0.802. The number of aryl methyl sites for hydroxylation is 4. The van der Waals surface area contributed by atoms with Gasteiger partial charge >= 0.3 is 0 Å². The molecule has 0 atom stereocenters. The van der Waals surface area contributed by atoms with E-state index in [-0.39, 0.29) is 0 Å². The van der Waals surface area contributed by atoms with Gasteiger partial charge in [0.05, 0.1) is 6.54 Å². The van der Waals surface area contributed by atoms with E-state index in [1.54, 1.807) is 0 Å². The Morgan fingerprint density at radius 1 is 1.11 bits per heavy atom. The molecule has 1 aromatic carbocycles. The molecule has 0 aliphatic carbocycles. The van der Waals surface area contributed by atoms with Crippen molar-refractivity contribution in [3.63, 3.8) is 0 Å². The van der Waals surface area contributed by atoms with Crippen molar-refractivity contribution in [3.05, 3.63) is 52.6 Å². The zero-order chi connectivity index (χ0) is 13.1. The fourth-order valence-electron chi connectivity index (χ4n) is 2.35. The van der Waals surface area contributed by atoms with Crippen LogP contribution in [-0.4, -0.2) is 9.55 Å². The van der Waals surface area contributed by atoms with Gasteiger partial charge in [-0.2, -0.15) is 0 Å². The molecule has 2 rings (SSSR count). The summed E-state index contributed by atoms with van der Waals surface area (Å²) in [4.78, 5) is 4.31. The Morgan fingerprint density at radius 2 is 1.78 bits per heavy atom. The Balaban J connectivity index is 2.01. The standard InChI is InChI=1S/C15H21N3/c1-11-7-12(2)14(13(3)8-11)9-16-10-15-17-5-6-18(15)4/h5-8,16H,9-10H2,1-4H3. The Kier molecular flexibility index (Phi) is 3.82. The van der Waals surface area contributed by atoms with Crippen molar-refractivity contribution in [3.8, 4) is 0 Å². The van der Waals surface area contributed by atoms with Crippen LogP contribution in [-0.2, 0) is 20.1 Å². The number of aromatic nitrogens is 2. The summed E-state index contributed by atoms with van der Waals surface area (Å²) in [6.07, 6.45) is 3.80. The first-order valence-electron chi connectivity index (χ1n) is 6.31. The minimum atomic E-state index is 0.802. The molecule has 0 fully saturated rings.